The number of aryl methyl sites for hydroxylation is 1. The van der Waals surface area contributed by atoms with E-state index in [0.717, 1.165) is 9.87 Å². The summed E-state index contributed by atoms with van der Waals surface area (Å²) in [7, 11) is -2.55. The lowest BCUT2D eigenvalue weighted by atomic mass is 10.2. The number of hydrazone groups is 1. The number of nitrogens with one attached hydrogen (secondary N) is 1. The molecular formula is C27H31N3O6S. The largest absolute Gasteiger partial charge is 0.497 e. The quantitative estimate of drug-likeness (QED) is 0.281. The van der Waals surface area contributed by atoms with E-state index in [0.29, 0.717) is 41.7 Å². The van der Waals surface area contributed by atoms with Gasteiger partial charge >= 0.3 is 0 Å². The van der Waals surface area contributed by atoms with Crippen LogP contribution in [0.25, 0.3) is 0 Å². The molecule has 196 valence electrons. The number of anilines is 1. The number of carbonyl (C=O) groups is 1. The zero-order valence-corrected chi connectivity index (χ0v) is 22.1. The summed E-state index contributed by atoms with van der Waals surface area (Å²) in [5.74, 6) is 1.10. The zero-order chi connectivity index (χ0) is 26.8. The van der Waals surface area contributed by atoms with Gasteiger partial charge in [0.2, 0.25) is 0 Å². The Bertz CT molecular complexity index is 1320. The van der Waals surface area contributed by atoms with Crippen LogP contribution in [-0.4, -0.2) is 47.4 Å². The zero-order valence-electron chi connectivity index (χ0n) is 21.3. The van der Waals surface area contributed by atoms with Crippen LogP contribution in [0.15, 0.2) is 76.7 Å². The van der Waals surface area contributed by atoms with Gasteiger partial charge in [-0.05, 0) is 80.9 Å². The minimum Gasteiger partial charge on any atom is -0.497 e. The Labute approximate surface area is 217 Å². The molecular weight excluding hydrogens is 494 g/mol. The van der Waals surface area contributed by atoms with Crippen LogP contribution < -0.4 is 23.9 Å². The fourth-order valence-electron chi connectivity index (χ4n) is 3.39. The molecule has 3 rings (SSSR count). The molecule has 10 heteroatoms. The molecule has 0 radical (unpaired) electrons. The van der Waals surface area contributed by atoms with E-state index in [1.807, 2.05) is 20.8 Å². The second kappa shape index (κ2) is 12.8. The molecule has 0 atom stereocenters. The Morgan fingerprint density at radius 3 is 2.22 bits per heavy atom. The van der Waals surface area contributed by atoms with E-state index in [1.165, 1.54) is 25.5 Å². The van der Waals surface area contributed by atoms with E-state index in [4.69, 9.17) is 14.2 Å². The molecule has 0 aliphatic heterocycles. The lowest BCUT2D eigenvalue weighted by Gasteiger charge is -2.24. The highest BCUT2D eigenvalue weighted by Crippen LogP contribution is 2.28. The number of amides is 1. The van der Waals surface area contributed by atoms with Crippen LogP contribution in [0.4, 0.5) is 5.69 Å². The number of nitrogens with zero attached hydrogens (tertiary/aromatic N) is 2. The van der Waals surface area contributed by atoms with Crippen LogP contribution >= 0.6 is 0 Å². The van der Waals surface area contributed by atoms with Gasteiger partial charge in [-0.25, -0.2) is 13.8 Å². The molecule has 1 amide bonds. The van der Waals surface area contributed by atoms with Crippen LogP contribution in [-0.2, 0) is 14.8 Å². The van der Waals surface area contributed by atoms with Crippen molar-refractivity contribution in [2.24, 2.45) is 5.10 Å². The van der Waals surface area contributed by atoms with E-state index in [2.05, 4.69) is 10.5 Å². The monoisotopic (exact) mass is 525 g/mol. The third kappa shape index (κ3) is 7.23. The molecule has 0 saturated carbocycles. The summed E-state index contributed by atoms with van der Waals surface area (Å²) >= 11 is 0. The Morgan fingerprint density at radius 1 is 0.946 bits per heavy atom. The van der Waals surface area contributed by atoms with Crippen LogP contribution in [0, 0.1) is 6.92 Å². The number of ether oxygens (including phenoxy) is 3. The molecule has 0 heterocycles. The average Bonchev–Trinajstić information content (AvgIpc) is 2.89. The van der Waals surface area contributed by atoms with Gasteiger partial charge in [0.05, 0.1) is 37.1 Å². The molecule has 0 bridgehead atoms. The van der Waals surface area contributed by atoms with Gasteiger partial charge in [-0.3, -0.25) is 9.10 Å². The van der Waals surface area contributed by atoms with Gasteiger partial charge in [0, 0.05) is 0 Å². The Morgan fingerprint density at radius 2 is 1.59 bits per heavy atom. The normalized spacial score (nSPS) is 11.2. The van der Waals surface area contributed by atoms with Gasteiger partial charge in [0.25, 0.3) is 15.9 Å². The summed E-state index contributed by atoms with van der Waals surface area (Å²) < 4.78 is 44.3. The number of rotatable bonds is 12. The van der Waals surface area contributed by atoms with E-state index in [9.17, 15) is 13.2 Å². The van der Waals surface area contributed by atoms with E-state index in [1.54, 1.807) is 54.6 Å². The van der Waals surface area contributed by atoms with Crippen molar-refractivity contribution in [2.45, 2.75) is 25.7 Å². The predicted octanol–water partition coefficient (Wildman–Crippen LogP) is 4.15. The van der Waals surface area contributed by atoms with Crippen molar-refractivity contribution in [3.05, 3.63) is 77.9 Å². The number of hydrogen-bond donors (Lipinski definition) is 1. The first-order valence-corrected chi connectivity index (χ1v) is 13.2. The topological polar surface area (TPSA) is 107 Å². The number of methoxy groups -OCH3 is 1. The van der Waals surface area contributed by atoms with Crippen LogP contribution in [0.1, 0.15) is 25.0 Å². The van der Waals surface area contributed by atoms with Crippen LogP contribution in [0.2, 0.25) is 0 Å². The number of sulfonamides is 1. The average molecular weight is 526 g/mol. The summed E-state index contributed by atoms with van der Waals surface area (Å²) in [4.78, 5) is 12.8. The van der Waals surface area contributed by atoms with Crippen molar-refractivity contribution in [3.63, 3.8) is 0 Å². The van der Waals surface area contributed by atoms with Gasteiger partial charge in [0.15, 0.2) is 11.5 Å². The summed E-state index contributed by atoms with van der Waals surface area (Å²) in [5, 5.41) is 4.00. The van der Waals surface area contributed by atoms with Crippen molar-refractivity contribution < 1.29 is 27.4 Å². The minimum atomic E-state index is -4.05. The van der Waals surface area contributed by atoms with Crippen molar-refractivity contribution in [2.75, 3.05) is 31.2 Å². The maximum absolute atomic E-state index is 13.5. The highest BCUT2D eigenvalue weighted by atomic mass is 32.2. The minimum absolute atomic E-state index is 0.0306. The molecule has 0 unspecified atom stereocenters. The van der Waals surface area contributed by atoms with Gasteiger partial charge < -0.3 is 14.2 Å². The van der Waals surface area contributed by atoms with Crippen molar-refractivity contribution in [1.82, 2.24) is 5.43 Å². The molecule has 9 nitrogen and oxygen atoms in total. The first kappa shape index (κ1) is 27.5. The molecule has 0 aromatic heterocycles. The molecule has 37 heavy (non-hydrogen) atoms. The molecule has 0 saturated heterocycles. The highest BCUT2D eigenvalue weighted by molar-refractivity contribution is 7.92. The maximum atomic E-state index is 13.5. The molecule has 0 fully saturated rings. The molecule has 0 aliphatic carbocycles. The summed E-state index contributed by atoms with van der Waals surface area (Å²) in [6, 6.07) is 18.1. The third-order valence-corrected chi connectivity index (χ3v) is 7.01. The number of benzene rings is 3. The van der Waals surface area contributed by atoms with Gasteiger partial charge in [0.1, 0.15) is 12.3 Å². The van der Waals surface area contributed by atoms with E-state index < -0.39 is 22.5 Å². The molecule has 3 aromatic carbocycles. The standard InChI is InChI=1S/C27H31N3O6S/c1-5-35-25-16-9-21(17-26(25)36-6-2)18-28-29-27(31)19-30(22-10-7-20(3)8-11-22)37(32,33)24-14-12-23(34-4)13-15-24/h7-18H,5-6,19H2,1-4H3,(H,29,31)/b28-18+. The van der Waals surface area contributed by atoms with E-state index in [-0.39, 0.29) is 4.90 Å². The van der Waals surface area contributed by atoms with Crippen LogP contribution in [0.3, 0.4) is 0 Å². The first-order chi connectivity index (χ1) is 17.8. The van der Waals surface area contributed by atoms with Crippen molar-refractivity contribution in [3.8, 4) is 17.2 Å². The lowest BCUT2D eigenvalue weighted by molar-refractivity contribution is -0.119. The fourth-order valence-corrected chi connectivity index (χ4v) is 4.81. The maximum Gasteiger partial charge on any atom is 0.264 e. The van der Waals surface area contributed by atoms with Gasteiger partial charge in [-0.15, -0.1) is 0 Å². The number of carbonyl (C=O) groups excluding carboxylic acids is 1. The highest BCUT2D eigenvalue weighted by Gasteiger charge is 2.27. The lowest BCUT2D eigenvalue weighted by Crippen LogP contribution is -2.39. The van der Waals surface area contributed by atoms with Gasteiger partial charge in [-0.2, -0.15) is 5.10 Å². The fraction of sp³-hybridized carbons (Fsp3) is 0.259. The Kier molecular flexibility index (Phi) is 9.51. The van der Waals surface area contributed by atoms with Crippen molar-refractivity contribution >= 4 is 27.8 Å². The van der Waals surface area contributed by atoms with E-state index >= 15 is 0 Å². The van der Waals surface area contributed by atoms with Crippen molar-refractivity contribution in [1.29, 1.82) is 0 Å². The second-order valence-corrected chi connectivity index (χ2v) is 9.75. The van der Waals surface area contributed by atoms with Crippen LogP contribution in [0.5, 0.6) is 17.2 Å². The predicted molar refractivity (Wildman–Crippen MR) is 143 cm³/mol. The summed E-state index contributed by atoms with van der Waals surface area (Å²) in [5.41, 5.74) is 4.40. The SMILES string of the molecule is CCOc1ccc(/C=N/NC(=O)CN(c2ccc(C)cc2)S(=O)(=O)c2ccc(OC)cc2)cc1OCC. The molecule has 3 aromatic rings. The molecule has 0 spiro atoms. The molecule has 1 N–H and O–H groups in total. The first-order valence-electron chi connectivity index (χ1n) is 11.7. The van der Waals surface area contributed by atoms with Gasteiger partial charge in [-0.1, -0.05) is 17.7 Å². The Hall–Kier alpha value is -4.05. The second-order valence-electron chi connectivity index (χ2n) is 7.89. The molecule has 0 aliphatic rings. The summed E-state index contributed by atoms with van der Waals surface area (Å²) in [6.45, 7) is 6.15. The Balaban J connectivity index is 1.80. The summed E-state index contributed by atoms with van der Waals surface area (Å²) in [6.07, 6.45) is 1.45. The number of hydrogen-bond acceptors (Lipinski definition) is 7. The third-order valence-electron chi connectivity index (χ3n) is 5.23. The smallest absolute Gasteiger partial charge is 0.264 e.